The molecule has 242 valence electrons. The third kappa shape index (κ3) is 7.45. The first-order chi connectivity index (χ1) is 22.8. The van der Waals surface area contributed by atoms with Gasteiger partial charge in [0.1, 0.15) is 0 Å². The van der Waals surface area contributed by atoms with Crippen molar-refractivity contribution in [1.29, 1.82) is 0 Å². The van der Waals surface area contributed by atoms with Crippen LogP contribution in [0.2, 0.25) is 0 Å². The lowest BCUT2D eigenvalue weighted by Gasteiger charge is -2.39. The zero-order chi connectivity index (χ0) is 32.8. The standard InChI is InChI=1S/C39H42N4O4/c1-42(2)25-23-40-36(44)31-20-21-39(47-27-31)22-24-43(35-15-9-6-12-30(35)26-39)38(46)29-16-18-32(19-17-29)41-37(45)34-14-8-7-13-33(34)28-10-4-3-5-11-28/h3-19,31H,20-27H2,1-2H3,(H,40,44)(H,41,45). The van der Waals surface area contributed by atoms with E-state index in [-0.39, 0.29) is 23.6 Å². The molecule has 0 bridgehead atoms. The molecular formula is C39H42N4O4. The predicted octanol–water partition coefficient (Wildman–Crippen LogP) is 6.04. The average Bonchev–Trinajstić information content (AvgIpc) is 3.25. The molecule has 2 aliphatic heterocycles. The van der Waals surface area contributed by atoms with Gasteiger partial charge in [-0.05, 0) is 86.4 Å². The van der Waals surface area contributed by atoms with Crippen LogP contribution in [0.4, 0.5) is 11.4 Å². The van der Waals surface area contributed by atoms with E-state index in [0.717, 1.165) is 41.8 Å². The Hall–Kier alpha value is -4.79. The van der Waals surface area contributed by atoms with Gasteiger partial charge in [-0.2, -0.15) is 0 Å². The van der Waals surface area contributed by atoms with Gasteiger partial charge in [-0.25, -0.2) is 0 Å². The number of benzene rings is 4. The van der Waals surface area contributed by atoms with Crippen molar-refractivity contribution in [2.75, 3.05) is 50.6 Å². The highest BCUT2D eigenvalue weighted by molar-refractivity contribution is 6.10. The van der Waals surface area contributed by atoms with Crippen molar-refractivity contribution in [3.63, 3.8) is 0 Å². The Morgan fingerprint density at radius 1 is 0.872 bits per heavy atom. The molecule has 3 amide bonds. The molecule has 4 aromatic rings. The van der Waals surface area contributed by atoms with E-state index in [0.29, 0.717) is 49.4 Å². The zero-order valence-electron chi connectivity index (χ0n) is 27.1. The molecule has 1 spiro atoms. The number of ether oxygens (including phenoxy) is 1. The Labute approximate surface area is 276 Å². The first-order valence-electron chi connectivity index (χ1n) is 16.3. The molecule has 0 aromatic heterocycles. The summed E-state index contributed by atoms with van der Waals surface area (Å²) in [7, 11) is 3.97. The molecule has 2 heterocycles. The summed E-state index contributed by atoms with van der Waals surface area (Å²) in [5.74, 6) is -0.427. The second-order valence-electron chi connectivity index (χ2n) is 12.8. The van der Waals surface area contributed by atoms with Crippen molar-refractivity contribution < 1.29 is 19.1 Å². The highest BCUT2D eigenvalue weighted by Gasteiger charge is 2.41. The fourth-order valence-corrected chi connectivity index (χ4v) is 6.57. The van der Waals surface area contributed by atoms with Gasteiger partial charge in [0.2, 0.25) is 5.91 Å². The number of fused-ring (bicyclic) bond motifs is 1. The summed E-state index contributed by atoms with van der Waals surface area (Å²) in [6.45, 7) is 2.30. The number of nitrogens with zero attached hydrogens (tertiary/aromatic N) is 2. The smallest absolute Gasteiger partial charge is 0.258 e. The van der Waals surface area contributed by atoms with Crippen LogP contribution in [0, 0.1) is 5.92 Å². The van der Waals surface area contributed by atoms with Crippen molar-refractivity contribution >= 4 is 29.1 Å². The monoisotopic (exact) mass is 630 g/mol. The SMILES string of the molecule is CN(C)CCNC(=O)C1CCC2(CCN(C(=O)c3ccc(NC(=O)c4ccccc4-c4ccccc4)cc3)c3ccccc3C2)OC1. The maximum absolute atomic E-state index is 14.0. The van der Waals surface area contributed by atoms with Crippen LogP contribution in [0.3, 0.4) is 0 Å². The van der Waals surface area contributed by atoms with Gasteiger partial charge in [-0.3, -0.25) is 14.4 Å². The minimum Gasteiger partial charge on any atom is -0.374 e. The van der Waals surface area contributed by atoms with E-state index in [9.17, 15) is 14.4 Å². The van der Waals surface area contributed by atoms with Gasteiger partial charge in [0.25, 0.3) is 11.8 Å². The molecule has 0 aliphatic carbocycles. The van der Waals surface area contributed by atoms with E-state index >= 15 is 0 Å². The van der Waals surface area contributed by atoms with Crippen LogP contribution in [0.5, 0.6) is 0 Å². The van der Waals surface area contributed by atoms with Crippen LogP contribution in [0.15, 0.2) is 103 Å². The first kappa shape index (κ1) is 32.2. The largest absolute Gasteiger partial charge is 0.374 e. The summed E-state index contributed by atoms with van der Waals surface area (Å²) < 4.78 is 6.51. The summed E-state index contributed by atoms with van der Waals surface area (Å²) >= 11 is 0. The second-order valence-corrected chi connectivity index (χ2v) is 12.8. The predicted molar refractivity (Wildman–Crippen MR) is 186 cm³/mol. The number of rotatable bonds is 8. The number of anilines is 2. The van der Waals surface area contributed by atoms with Gasteiger partial charge in [-0.15, -0.1) is 0 Å². The second kappa shape index (κ2) is 14.3. The topological polar surface area (TPSA) is 91.0 Å². The summed E-state index contributed by atoms with van der Waals surface area (Å²) in [6, 6.07) is 32.5. The molecule has 6 rings (SSSR count). The maximum Gasteiger partial charge on any atom is 0.258 e. The van der Waals surface area contributed by atoms with Gasteiger partial charge in [0.05, 0.1) is 18.1 Å². The molecule has 0 radical (unpaired) electrons. The summed E-state index contributed by atoms with van der Waals surface area (Å²) in [4.78, 5) is 43.9. The van der Waals surface area contributed by atoms with E-state index < -0.39 is 5.60 Å². The van der Waals surface area contributed by atoms with Gasteiger partial charge < -0.3 is 25.2 Å². The number of carbonyl (C=O) groups excluding carboxylic acids is 3. The molecule has 2 atom stereocenters. The van der Waals surface area contributed by atoms with E-state index in [2.05, 4.69) is 16.7 Å². The highest BCUT2D eigenvalue weighted by atomic mass is 16.5. The van der Waals surface area contributed by atoms with Gasteiger partial charge in [0.15, 0.2) is 0 Å². The lowest BCUT2D eigenvalue weighted by molar-refractivity contribution is -0.141. The molecular weight excluding hydrogens is 588 g/mol. The minimum absolute atomic E-state index is 0.0487. The lowest BCUT2D eigenvalue weighted by Crippen LogP contribution is -2.47. The fourth-order valence-electron chi connectivity index (χ4n) is 6.57. The molecule has 2 unspecified atom stereocenters. The van der Waals surface area contributed by atoms with Crippen LogP contribution in [-0.2, 0) is 16.0 Å². The van der Waals surface area contributed by atoms with Gasteiger partial charge in [0, 0.05) is 48.6 Å². The van der Waals surface area contributed by atoms with Crippen LogP contribution in [0.25, 0.3) is 11.1 Å². The average molecular weight is 631 g/mol. The number of carbonyl (C=O) groups is 3. The molecule has 1 saturated heterocycles. The molecule has 0 saturated carbocycles. The first-order valence-corrected chi connectivity index (χ1v) is 16.3. The molecule has 2 N–H and O–H groups in total. The van der Waals surface area contributed by atoms with E-state index in [1.807, 2.05) is 96.7 Å². The van der Waals surface area contributed by atoms with Gasteiger partial charge >= 0.3 is 0 Å². The van der Waals surface area contributed by atoms with Crippen molar-refractivity contribution in [2.45, 2.75) is 31.3 Å². The van der Waals surface area contributed by atoms with Crippen molar-refractivity contribution in [3.05, 3.63) is 120 Å². The Bertz CT molecular complexity index is 1710. The maximum atomic E-state index is 14.0. The third-order valence-electron chi connectivity index (χ3n) is 9.25. The zero-order valence-corrected chi connectivity index (χ0v) is 27.1. The molecule has 1 fully saturated rings. The number of likely N-dealkylation sites (N-methyl/N-ethyl adjacent to an activating group) is 1. The normalized spacial score (nSPS) is 19.1. The lowest BCUT2D eigenvalue weighted by atomic mass is 9.82. The van der Waals surface area contributed by atoms with Crippen LogP contribution < -0.4 is 15.5 Å². The molecule has 47 heavy (non-hydrogen) atoms. The number of nitrogens with one attached hydrogen (secondary N) is 2. The Kier molecular flexibility index (Phi) is 9.80. The van der Waals surface area contributed by atoms with Crippen molar-refractivity contribution in [3.8, 4) is 11.1 Å². The Morgan fingerprint density at radius 2 is 1.60 bits per heavy atom. The van der Waals surface area contributed by atoms with E-state index in [4.69, 9.17) is 4.74 Å². The van der Waals surface area contributed by atoms with Gasteiger partial charge in [-0.1, -0.05) is 66.7 Å². The Balaban J connectivity index is 1.12. The number of hydrogen-bond acceptors (Lipinski definition) is 5. The molecule has 8 heteroatoms. The Morgan fingerprint density at radius 3 is 2.34 bits per heavy atom. The molecule has 2 aliphatic rings. The van der Waals surface area contributed by atoms with Crippen molar-refractivity contribution in [1.82, 2.24) is 10.2 Å². The quantitative estimate of drug-likeness (QED) is 0.248. The third-order valence-corrected chi connectivity index (χ3v) is 9.25. The molecule has 4 aromatic carbocycles. The number of hydrogen-bond donors (Lipinski definition) is 2. The summed E-state index contributed by atoms with van der Waals surface area (Å²) in [5.41, 5.74) is 5.09. The number of para-hydroxylation sites is 1. The van der Waals surface area contributed by atoms with Crippen LogP contribution in [0.1, 0.15) is 45.5 Å². The molecule has 8 nitrogen and oxygen atoms in total. The number of amides is 3. The van der Waals surface area contributed by atoms with Crippen molar-refractivity contribution in [2.24, 2.45) is 5.92 Å². The van der Waals surface area contributed by atoms with E-state index in [1.165, 1.54) is 0 Å². The van der Waals surface area contributed by atoms with E-state index in [1.54, 1.807) is 24.3 Å². The summed E-state index contributed by atoms with van der Waals surface area (Å²) in [5, 5.41) is 6.03. The summed E-state index contributed by atoms with van der Waals surface area (Å²) in [6.07, 6.45) is 2.89. The highest BCUT2D eigenvalue weighted by Crippen LogP contribution is 2.40. The van der Waals surface area contributed by atoms with Crippen LogP contribution in [-0.4, -0.2) is 68.6 Å². The minimum atomic E-state index is -0.421. The fraction of sp³-hybridized carbons (Fsp3) is 0.308. The van der Waals surface area contributed by atoms with Crippen LogP contribution >= 0.6 is 0 Å².